The van der Waals surface area contributed by atoms with E-state index in [-0.39, 0.29) is 12.4 Å². The van der Waals surface area contributed by atoms with Gasteiger partial charge in [0.15, 0.2) is 0 Å². The Balaban J connectivity index is 2.70. The summed E-state index contributed by atoms with van der Waals surface area (Å²) in [5.74, 6) is 0.203. The predicted molar refractivity (Wildman–Crippen MR) is 33.1 cm³/mol. The molecule has 0 aromatic carbocycles. The van der Waals surface area contributed by atoms with Gasteiger partial charge in [0.05, 0.1) is 6.61 Å². The van der Waals surface area contributed by atoms with Crippen LogP contribution in [0.3, 0.4) is 0 Å². The first-order valence-electron chi connectivity index (χ1n) is 2.94. The summed E-state index contributed by atoms with van der Waals surface area (Å²) in [6.07, 6.45) is -6.26. The quantitative estimate of drug-likeness (QED) is 0.616. The highest BCUT2D eigenvalue weighted by Crippen LogP contribution is 2.42. The van der Waals surface area contributed by atoms with E-state index in [4.69, 9.17) is 0 Å². The van der Waals surface area contributed by atoms with Gasteiger partial charge < -0.3 is 4.74 Å². The third-order valence-electron chi connectivity index (χ3n) is 1.35. The average Bonchev–Trinajstić information content (AvgIpc) is 2.34. The second kappa shape index (κ2) is 3.18. The molecule has 0 aliphatic carbocycles. The molecule has 1 fully saturated rings. The van der Waals surface area contributed by atoms with Gasteiger partial charge in [0, 0.05) is 5.75 Å². The molecule has 0 aromatic rings. The van der Waals surface area contributed by atoms with Crippen LogP contribution in [0.5, 0.6) is 0 Å². The summed E-state index contributed by atoms with van der Waals surface area (Å²) in [4.78, 5) is -2.56. The number of hydrogen-bond donors (Lipinski definition) is 0. The summed E-state index contributed by atoms with van der Waals surface area (Å²) >= 11 is 0.484. The topological polar surface area (TPSA) is 9.23 Å². The molecule has 0 N–H and O–H groups in total. The van der Waals surface area contributed by atoms with Crippen molar-refractivity contribution in [2.75, 3.05) is 12.4 Å². The fourth-order valence-corrected chi connectivity index (χ4v) is 1.70. The zero-order valence-electron chi connectivity index (χ0n) is 5.40. The minimum atomic E-state index is -3.13. The van der Waals surface area contributed by atoms with Crippen molar-refractivity contribution in [1.82, 2.24) is 0 Å². The van der Waals surface area contributed by atoms with Crippen LogP contribution in [0, 0.1) is 0 Å². The number of ether oxygens (including phenoxy) is 1. The normalized spacial score (nSPS) is 23.5. The van der Waals surface area contributed by atoms with Gasteiger partial charge in [-0.1, -0.05) is 0 Å². The van der Waals surface area contributed by atoms with E-state index in [1.807, 2.05) is 0 Å². The maximum Gasteiger partial charge on any atom is 0.282 e. The Morgan fingerprint density at radius 2 is 1.73 bits per heavy atom. The fraction of sp³-hybridized carbons (Fsp3) is 1.00. The zero-order chi connectivity index (χ0) is 8.48. The van der Waals surface area contributed by atoms with Crippen LogP contribution in [-0.2, 0) is 4.74 Å². The zero-order valence-corrected chi connectivity index (χ0v) is 6.21. The Morgan fingerprint density at radius 1 is 1.18 bits per heavy atom. The second-order valence-corrected chi connectivity index (χ2v) is 3.35. The molecule has 66 valence electrons. The van der Waals surface area contributed by atoms with E-state index in [0.29, 0.717) is 11.8 Å². The van der Waals surface area contributed by atoms with Crippen LogP contribution in [0.15, 0.2) is 0 Å². The second-order valence-electron chi connectivity index (χ2n) is 2.02. The van der Waals surface area contributed by atoms with E-state index >= 15 is 0 Å². The Labute approximate surface area is 65.1 Å². The van der Waals surface area contributed by atoms with Crippen LogP contribution in [-0.4, -0.2) is 30.1 Å². The first-order valence-corrected chi connectivity index (χ1v) is 3.92. The summed E-state index contributed by atoms with van der Waals surface area (Å²) in [7, 11) is 0. The van der Waals surface area contributed by atoms with E-state index in [1.165, 1.54) is 0 Å². The average molecular weight is 190 g/mol. The third kappa shape index (κ3) is 1.46. The molecular weight excluding hydrogens is 184 g/mol. The van der Waals surface area contributed by atoms with Gasteiger partial charge in [0.25, 0.3) is 12.9 Å². The van der Waals surface area contributed by atoms with Crippen LogP contribution < -0.4 is 0 Å². The van der Waals surface area contributed by atoms with Gasteiger partial charge in [0.2, 0.25) is 4.93 Å². The molecule has 0 saturated carbocycles. The van der Waals surface area contributed by atoms with Crippen molar-refractivity contribution in [2.24, 2.45) is 0 Å². The molecule has 0 spiro atoms. The molecule has 0 bridgehead atoms. The summed E-state index contributed by atoms with van der Waals surface area (Å²) in [5.41, 5.74) is 0. The lowest BCUT2D eigenvalue weighted by atomic mass is 10.4. The van der Waals surface area contributed by atoms with Crippen LogP contribution in [0.4, 0.5) is 17.6 Å². The molecule has 1 rings (SSSR count). The number of rotatable bonds is 2. The molecule has 1 saturated heterocycles. The van der Waals surface area contributed by atoms with Gasteiger partial charge in [-0.3, -0.25) is 0 Å². The highest BCUT2D eigenvalue weighted by Gasteiger charge is 2.53. The molecule has 0 aromatic heterocycles. The lowest BCUT2D eigenvalue weighted by Gasteiger charge is -2.24. The van der Waals surface area contributed by atoms with Gasteiger partial charge in [-0.05, 0) is 0 Å². The molecule has 6 heteroatoms. The Kier molecular flexibility index (Phi) is 2.64. The van der Waals surface area contributed by atoms with Crippen molar-refractivity contribution in [1.29, 1.82) is 0 Å². The molecule has 0 atom stereocenters. The van der Waals surface area contributed by atoms with Crippen molar-refractivity contribution in [3.63, 3.8) is 0 Å². The van der Waals surface area contributed by atoms with Crippen LogP contribution >= 0.6 is 11.8 Å². The van der Waals surface area contributed by atoms with Crippen LogP contribution in [0.1, 0.15) is 0 Å². The summed E-state index contributed by atoms with van der Waals surface area (Å²) < 4.78 is 52.4. The molecule has 1 heterocycles. The van der Waals surface area contributed by atoms with Crippen LogP contribution in [0.2, 0.25) is 0 Å². The summed E-state index contributed by atoms with van der Waals surface area (Å²) in [6.45, 7) is -0.0284. The Bertz CT molecular complexity index is 124. The Hall–Kier alpha value is 0.0300. The third-order valence-corrected chi connectivity index (χ3v) is 2.64. The first kappa shape index (κ1) is 9.12. The van der Waals surface area contributed by atoms with Crippen molar-refractivity contribution in [3.05, 3.63) is 0 Å². The molecule has 1 nitrogen and oxygen atoms in total. The van der Waals surface area contributed by atoms with Gasteiger partial charge in [0.1, 0.15) is 0 Å². The lowest BCUT2D eigenvalue weighted by Crippen LogP contribution is -2.41. The highest BCUT2D eigenvalue weighted by molar-refractivity contribution is 8.00. The lowest BCUT2D eigenvalue weighted by molar-refractivity contribution is -0.139. The summed E-state index contributed by atoms with van der Waals surface area (Å²) in [6, 6.07) is 0. The number of alkyl halides is 4. The minimum absolute atomic E-state index is 0.0284. The van der Waals surface area contributed by atoms with Crippen molar-refractivity contribution in [3.8, 4) is 0 Å². The molecule has 0 radical (unpaired) electrons. The maximum atomic E-state index is 12.0. The standard InChI is InChI=1S/C5H6F4OS/c6-3(7)5(4(8)9)10-1-2-11-5/h3-4H,1-2H2. The highest BCUT2D eigenvalue weighted by atomic mass is 32.2. The monoisotopic (exact) mass is 190 g/mol. The smallest absolute Gasteiger partial charge is 0.282 e. The van der Waals surface area contributed by atoms with Gasteiger partial charge in [-0.15, -0.1) is 11.8 Å². The van der Waals surface area contributed by atoms with Gasteiger partial charge >= 0.3 is 0 Å². The van der Waals surface area contributed by atoms with Crippen molar-refractivity contribution >= 4 is 11.8 Å². The SMILES string of the molecule is FC(F)C1(C(F)F)OCCS1. The fourth-order valence-electron chi connectivity index (χ4n) is 0.791. The number of halogens is 4. The minimum Gasteiger partial charge on any atom is -0.353 e. The van der Waals surface area contributed by atoms with E-state index in [2.05, 4.69) is 4.74 Å². The molecule has 11 heavy (non-hydrogen) atoms. The Morgan fingerprint density at radius 3 is 1.91 bits per heavy atom. The molecule has 0 amide bonds. The first-order chi connectivity index (χ1) is 5.09. The van der Waals surface area contributed by atoms with Crippen LogP contribution in [0.25, 0.3) is 0 Å². The van der Waals surface area contributed by atoms with E-state index in [0.717, 1.165) is 0 Å². The largest absolute Gasteiger partial charge is 0.353 e. The molecule has 0 unspecified atom stereocenters. The predicted octanol–water partition coefficient (Wildman–Crippen LogP) is 1.98. The van der Waals surface area contributed by atoms with Crippen molar-refractivity contribution in [2.45, 2.75) is 17.8 Å². The maximum absolute atomic E-state index is 12.0. The van der Waals surface area contributed by atoms with E-state index in [9.17, 15) is 17.6 Å². The number of thioether (sulfide) groups is 1. The molecule has 1 aliphatic rings. The molecular formula is C5H6F4OS. The van der Waals surface area contributed by atoms with E-state index < -0.39 is 17.8 Å². The van der Waals surface area contributed by atoms with E-state index in [1.54, 1.807) is 0 Å². The van der Waals surface area contributed by atoms with Crippen molar-refractivity contribution < 1.29 is 22.3 Å². The molecule has 1 aliphatic heterocycles. The number of hydrogen-bond acceptors (Lipinski definition) is 2. The summed E-state index contributed by atoms with van der Waals surface area (Å²) in [5, 5.41) is 0. The van der Waals surface area contributed by atoms with Gasteiger partial charge in [-0.25, -0.2) is 17.6 Å². The van der Waals surface area contributed by atoms with Gasteiger partial charge in [-0.2, -0.15) is 0 Å².